The van der Waals surface area contributed by atoms with Crippen molar-refractivity contribution in [3.05, 3.63) is 53.2 Å². The van der Waals surface area contributed by atoms with Crippen LogP contribution in [0.4, 0.5) is 13.2 Å². The third-order valence-corrected chi connectivity index (χ3v) is 2.94. The van der Waals surface area contributed by atoms with E-state index in [-0.39, 0.29) is 30.2 Å². The van der Waals surface area contributed by atoms with Crippen LogP contribution < -0.4 is 0 Å². The first kappa shape index (κ1) is 16.0. The maximum Gasteiger partial charge on any atom is 0.416 e. The molecule has 1 aromatic heterocycles. The maximum atomic E-state index is 12.9. The third kappa shape index (κ3) is 3.85. The van der Waals surface area contributed by atoms with Crippen LogP contribution in [0.3, 0.4) is 0 Å². The molecule has 1 heterocycles. The molecule has 0 aliphatic carbocycles. The van der Waals surface area contributed by atoms with Crippen LogP contribution in [0.15, 0.2) is 34.9 Å². The van der Waals surface area contributed by atoms with E-state index in [1.807, 2.05) is 0 Å². The van der Waals surface area contributed by atoms with Crippen LogP contribution in [0.25, 0.3) is 0 Å². The number of halogens is 3. The highest BCUT2D eigenvalue weighted by atomic mass is 19.4. The Bertz CT molecular complexity index is 667. The van der Waals surface area contributed by atoms with Crippen LogP contribution in [-0.4, -0.2) is 28.0 Å². The lowest BCUT2D eigenvalue weighted by atomic mass is 10.1. The summed E-state index contributed by atoms with van der Waals surface area (Å²) >= 11 is 0. The average Bonchev–Trinajstić information content (AvgIpc) is 2.86. The van der Waals surface area contributed by atoms with Gasteiger partial charge in [-0.1, -0.05) is 18.2 Å². The SMILES string of the molecule is CN(Cc1nc(C(=O)O)co1)Cc1ccccc1C(F)(F)F. The van der Waals surface area contributed by atoms with Crippen LogP contribution in [0.1, 0.15) is 27.5 Å². The van der Waals surface area contributed by atoms with Crippen LogP contribution in [0.2, 0.25) is 0 Å². The van der Waals surface area contributed by atoms with Gasteiger partial charge in [0.05, 0.1) is 12.1 Å². The second-order valence-electron chi connectivity index (χ2n) is 4.76. The van der Waals surface area contributed by atoms with E-state index in [0.29, 0.717) is 0 Å². The molecule has 8 heteroatoms. The van der Waals surface area contributed by atoms with Crippen molar-refractivity contribution in [1.29, 1.82) is 0 Å². The van der Waals surface area contributed by atoms with Crippen molar-refractivity contribution >= 4 is 5.97 Å². The van der Waals surface area contributed by atoms with Gasteiger partial charge in [-0.25, -0.2) is 9.78 Å². The summed E-state index contributed by atoms with van der Waals surface area (Å²) in [4.78, 5) is 16.0. The number of carboxylic acids is 1. The van der Waals surface area contributed by atoms with Gasteiger partial charge in [0.2, 0.25) is 5.89 Å². The van der Waals surface area contributed by atoms with Gasteiger partial charge < -0.3 is 9.52 Å². The second kappa shape index (κ2) is 6.18. The Balaban J connectivity index is 2.09. The molecular weight excluding hydrogens is 301 g/mol. The van der Waals surface area contributed by atoms with E-state index in [0.717, 1.165) is 12.3 Å². The first-order valence-corrected chi connectivity index (χ1v) is 6.28. The Morgan fingerprint density at radius 1 is 1.32 bits per heavy atom. The largest absolute Gasteiger partial charge is 0.476 e. The van der Waals surface area contributed by atoms with E-state index in [2.05, 4.69) is 4.98 Å². The summed E-state index contributed by atoms with van der Waals surface area (Å²) in [5, 5.41) is 8.73. The lowest BCUT2D eigenvalue weighted by molar-refractivity contribution is -0.138. The Morgan fingerprint density at radius 3 is 2.59 bits per heavy atom. The summed E-state index contributed by atoms with van der Waals surface area (Å²) < 4.78 is 43.7. The Morgan fingerprint density at radius 2 is 2.00 bits per heavy atom. The predicted octanol–water partition coefficient (Wildman–Crippen LogP) is 3.02. The Kier molecular flexibility index (Phi) is 4.51. The van der Waals surface area contributed by atoms with Crippen LogP contribution in [0, 0.1) is 0 Å². The fourth-order valence-corrected chi connectivity index (χ4v) is 1.99. The zero-order valence-electron chi connectivity index (χ0n) is 11.6. The van der Waals surface area contributed by atoms with Gasteiger partial charge in [-0.3, -0.25) is 4.90 Å². The third-order valence-electron chi connectivity index (χ3n) is 2.94. The molecule has 2 aromatic rings. The number of carbonyl (C=O) groups is 1. The molecular formula is C14H13F3N2O3. The minimum atomic E-state index is -4.42. The van der Waals surface area contributed by atoms with Gasteiger partial charge in [-0.05, 0) is 18.7 Å². The lowest BCUT2D eigenvalue weighted by Crippen LogP contribution is -2.20. The number of hydrogen-bond acceptors (Lipinski definition) is 4. The summed E-state index contributed by atoms with van der Waals surface area (Å²) in [5.41, 5.74) is -0.804. The summed E-state index contributed by atoms with van der Waals surface area (Å²) in [6, 6.07) is 5.29. The summed E-state index contributed by atoms with van der Waals surface area (Å²) in [5.74, 6) is -1.09. The number of hydrogen-bond donors (Lipinski definition) is 1. The fourth-order valence-electron chi connectivity index (χ4n) is 1.99. The molecule has 0 saturated heterocycles. The number of aromatic carboxylic acids is 1. The fraction of sp³-hybridized carbons (Fsp3) is 0.286. The molecule has 0 saturated carbocycles. The topological polar surface area (TPSA) is 66.6 Å². The van der Waals surface area contributed by atoms with Gasteiger partial charge >= 0.3 is 12.1 Å². The molecule has 0 fully saturated rings. The zero-order chi connectivity index (χ0) is 16.3. The van der Waals surface area contributed by atoms with Crippen molar-refractivity contribution in [1.82, 2.24) is 9.88 Å². The van der Waals surface area contributed by atoms with Crippen molar-refractivity contribution in [3.63, 3.8) is 0 Å². The maximum absolute atomic E-state index is 12.9. The highest BCUT2D eigenvalue weighted by molar-refractivity contribution is 5.84. The molecule has 0 bridgehead atoms. The molecule has 1 aromatic carbocycles. The molecule has 0 amide bonds. The molecule has 1 N–H and O–H groups in total. The molecule has 22 heavy (non-hydrogen) atoms. The molecule has 0 spiro atoms. The minimum absolute atomic E-state index is 0.0282. The number of rotatable bonds is 5. The van der Waals surface area contributed by atoms with Crippen LogP contribution >= 0.6 is 0 Å². The number of nitrogens with zero attached hydrogens (tertiary/aromatic N) is 2. The first-order valence-electron chi connectivity index (χ1n) is 6.28. The van der Waals surface area contributed by atoms with Crippen molar-refractivity contribution < 1.29 is 27.5 Å². The van der Waals surface area contributed by atoms with Crippen LogP contribution in [-0.2, 0) is 19.3 Å². The van der Waals surface area contributed by atoms with Crippen molar-refractivity contribution in [2.24, 2.45) is 0 Å². The smallest absolute Gasteiger partial charge is 0.416 e. The van der Waals surface area contributed by atoms with E-state index in [1.165, 1.54) is 18.2 Å². The highest BCUT2D eigenvalue weighted by Gasteiger charge is 2.33. The van der Waals surface area contributed by atoms with Crippen molar-refractivity contribution in [3.8, 4) is 0 Å². The van der Waals surface area contributed by atoms with Gasteiger partial charge in [0.15, 0.2) is 5.69 Å². The monoisotopic (exact) mass is 314 g/mol. The van der Waals surface area contributed by atoms with Crippen LogP contribution in [0.5, 0.6) is 0 Å². The number of oxazole rings is 1. The first-order chi connectivity index (χ1) is 10.3. The summed E-state index contributed by atoms with van der Waals surface area (Å²) in [6.45, 7) is 0.125. The number of alkyl halides is 3. The normalized spacial score (nSPS) is 11.9. The van der Waals surface area contributed by atoms with Crippen molar-refractivity contribution in [2.75, 3.05) is 7.05 Å². The highest BCUT2D eigenvalue weighted by Crippen LogP contribution is 2.32. The number of benzene rings is 1. The molecule has 0 atom stereocenters. The molecule has 0 unspecified atom stereocenters. The molecule has 2 rings (SSSR count). The molecule has 0 aliphatic rings. The predicted molar refractivity (Wildman–Crippen MR) is 70.1 cm³/mol. The van der Waals surface area contributed by atoms with E-state index in [9.17, 15) is 18.0 Å². The Labute approximate surface area is 124 Å². The minimum Gasteiger partial charge on any atom is -0.476 e. The van der Waals surface area contributed by atoms with Gasteiger partial charge in [-0.15, -0.1) is 0 Å². The molecule has 0 radical (unpaired) electrons. The average molecular weight is 314 g/mol. The van der Waals surface area contributed by atoms with Crippen molar-refractivity contribution in [2.45, 2.75) is 19.3 Å². The second-order valence-corrected chi connectivity index (χ2v) is 4.76. The van der Waals surface area contributed by atoms with Gasteiger partial charge in [-0.2, -0.15) is 13.2 Å². The number of aromatic nitrogens is 1. The van der Waals surface area contributed by atoms with E-state index in [4.69, 9.17) is 9.52 Å². The van der Waals surface area contributed by atoms with E-state index >= 15 is 0 Å². The zero-order valence-corrected chi connectivity index (χ0v) is 11.6. The van der Waals surface area contributed by atoms with Gasteiger partial charge in [0.1, 0.15) is 6.26 Å². The summed E-state index contributed by atoms with van der Waals surface area (Å²) in [7, 11) is 1.60. The van der Waals surface area contributed by atoms with Gasteiger partial charge in [0, 0.05) is 6.54 Å². The molecule has 5 nitrogen and oxygen atoms in total. The standard InChI is InChI=1S/C14H13F3N2O3/c1-19(7-12-18-11(8-22-12)13(20)21)6-9-4-2-3-5-10(9)14(15,16)17/h2-5,8H,6-7H2,1H3,(H,20,21). The van der Waals surface area contributed by atoms with E-state index < -0.39 is 17.7 Å². The quantitative estimate of drug-likeness (QED) is 0.919. The molecule has 0 aliphatic heterocycles. The number of carboxylic acid groups (broad SMARTS) is 1. The lowest BCUT2D eigenvalue weighted by Gasteiger charge is -2.18. The summed E-state index contributed by atoms with van der Waals surface area (Å²) in [6.07, 6.45) is -3.42. The Hall–Kier alpha value is -2.35. The molecule has 118 valence electrons. The van der Waals surface area contributed by atoms with Gasteiger partial charge in [0.25, 0.3) is 0 Å². The van der Waals surface area contributed by atoms with E-state index in [1.54, 1.807) is 11.9 Å².